The van der Waals surface area contributed by atoms with E-state index in [4.69, 9.17) is 16.6 Å². The van der Waals surface area contributed by atoms with Crippen LogP contribution >= 0.6 is 46.9 Å². The Balaban J connectivity index is 0.00000261. The number of thiazole rings is 1. The summed E-state index contributed by atoms with van der Waals surface area (Å²) in [6.07, 6.45) is 0.847. The predicted octanol–water partition coefficient (Wildman–Crippen LogP) is 4.44. The van der Waals surface area contributed by atoms with Gasteiger partial charge in [0.2, 0.25) is 0 Å². The Hall–Kier alpha value is -1.32. The molecule has 0 atom stereocenters. The van der Waals surface area contributed by atoms with Gasteiger partial charge in [0, 0.05) is 11.6 Å². The predicted molar refractivity (Wildman–Crippen MR) is 116 cm³/mol. The average molecular weight is 446 g/mol. The first-order valence-corrected chi connectivity index (χ1v) is 10.2. The lowest BCUT2D eigenvalue weighted by molar-refractivity contribution is 0.0989. The molecule has 3 rings (SSSR count). The normalized spacial score (nSPS) is 11.0. The van der Waals surface area contributed by atoms with Crippen molar-refractivity contribution < 1.29 is 4.79 Å². The summed E-state index contributed by atoms with van der Waals surface area (Å²) in [5, 5.41) is 5.33. The summed E-state index contributed by atoms with van der Waals surface area (Å²) in [5.74, 6) is -0.0981. The van der Waals surface area contributed by atoms with Gasteiger partial charge in [-0.15, -0.1) is 17.5 Å². The monoisotopic (exact) mass is 445 g/mol. The minimum absolute atomic E-state index is 0. The Morgan fingerprint density at radius 1 is 1.22 bits per heavy atom. The molecule has 6 nitrogen and oxygen atoms in total. The summed E-state index contributed by atoms with van der Waals surface area (Å²) in [7, 11) is 4.04. The Labute approximate surface area is 177 Å². The van der Waals surface area contributed by atoms with Crippen LogP contribution < -0.4 is 4.90 Å². The van der Waals surface area contributed by atoms with Gasteiger partial charge in [0.1, 0.15) is 4.88 Å². The van der Waals surface area contributed by atoms with Gasteiger partial charge in [-0.3, -0.25) is 9.69 Å². The first-order valence-electron chi connectivity index (χ1n) is 8.19. The van der Waals surface area contributed by atoms with E-state index in [0.29, 0.717) is 27.3 Å². The molecule has 0 bridgehead atoms. The quantitative estimate of drug-likeness (QED) is 0.560. The molecule has 0 aliphatic heterocycles. The van der Waals surface area contributed by atoms with Gasteiger partial charge in [-0.25, -0.2) is 4.98 Å². The van der Waals surface area contributed by atoms with E-state index in [1.54, 1.807) is 11.8 Å². The molecule has 0 radical (unpaired) electrons. The number of halogens is 2. The van der Waals surface area contributed by atoms with E-state index in [1.807, 2.05) is 33.2 Å². The third kappa shape index (κ3) is 4.75. The molecule has 0 saturated carbocycles. The van der Waals surface area contributed by atoms with Crippen molar-refractivity contribution in [2.75, 3.05) is 32.1 Å². The van der Waals surface area contributed by atoms with Crippen LogP contribution in [0.4, 0.5) is 5.13 Å². The molecule has 0 N–H and O–H groups in total. The number of hydrogen-bond donors (Lipinski definition) is 0. The highest BCUT2D eigenvalue weighted by Crippen LogP contribution is 2.34. The zero-order valence-corrected chi connectivity index (χ0v) is 18.7. The number of fused-ring (bicyclic) bond motifs is 1. The highest BCUT2D eigenvalue weighted by Gasteiger charge is 2.25. The van der Waals surface area contributed by atoms with E-state index in [0.717, 1.165) is 40.3 Å². The molecule has 10 heteroatoms. The number of nitrogens with zero attached hydrogens (tertiary/aromatic N) is 5. The van der Waals surface area contributed by atoms with E-state index in [-0.39, 0.29) is 18.3 Å². The number of anilines is 1. The molecule has 1 amide bonds. The molecule has 0 spiro atoms. The minimum atomic E-state index is -0.0981. The first-order chi connectivity index (χ1) is 12.4. The molecule has 3 aromatic rings. The van der Waals surface area contributed by atoms with E-state index in [9.17, 15) is 4.79 Å². The second-order valence-corrected chi connectivity index (χ2v) is 8.49. The topological polar surface area (TPSA) is 62.2 Å². The maximum absolute atomic E-state index is 13.1. The van der Waals surface area contributed by atoms with Gasteiger partial charge in [0.15, 0.2) is 5.13 Å². The second kappa shape index (κ2) is 9.25. The molecule has 2 heterocycles. The highest BCUT2D eigenvalue weighted by molar-refractivity contribution is 7.22. The summed E-state index contributed by atoms with van der Waals surface area (Å²) in [6.45, 7) is 5.22. The zero-order valence-electron chi connectivity index (χ0n) is 15.5. The van der Waals surface area contributed by atoms with Crippen LogP contribution in [0.3, 0.4) is 0 Å². The van der Waals surface area contributed by atoms with Crippen molar-refractivity contribution in [1.82, 2.24) is 19.5 Å². The third-order valence-electron chi connectivity index (χ3n) is 4.05. The van der Waals surface area contributed by atoms with Crippen LogP contribution in [0, 0.1) is 13.8 Å². The van der Waals surface area contributed by atoms with Crippen LogP contribution in [-0.2, 0) is 0 Å². The van der Waals surface area contributed by atoms with Crippen molar-refractivity contribution in [3.63, 3.8) is 0 Å². The third-order valence-corrected chi connectivity index (χ3v) is 6.31. The van der Waals surface area contributed by atoms with Crippen molar-refractivity contribution in [2.24, 2.45) is 0 Å². The number of amides is 1. The summed E-state index contributed by atoms with van der Waals surface area (Å²) >= 11 is 8.85. The molecule has 0 aliphatic carbocycles. The first kappa shape index (κ1) is 22.0. The van der Waals surface area contributed by atoms with E-state index in [2.05, 4.69) is 14.5 Å². The lowest BCUT2D eigenvalue weighted by Crippen LogP contribution is -2.33. The summed E-state index contributed by atoms with van der Waals surface area (Å²) < 4.78 is 4.92. The molecule has 0 saturated heterocycles. The SMILES string of the molecule is Cc1nnsc1C(=O)N(CCCN(C)C)c1nc2c(C)c(Cl)ccc2s1.Cl. The van der Waals surface area contributed by atoms with E-state index in [1.165, 1.54) is 11.3 Å². The smallest absolute Gasteiger partial charge is 0.273 e. The Morgan fingerprint density at radius 3 is 2.59 bits per heavy atom. The Morgan fingerprint density at radius 2 is 1.96 bits per heavy atom. The van der Waals surface area contributed by atoms with Gasteiger partial charge in [0.25, 0.3) is 5.91 Å². The van der Waals surface area contributed by atoms with Crippen LogP contribution in [-0.4, -0.2) is 52.6 Å². The number of rotatable bonds is 6. The van der Waals surface area contributed by atoms with Crippen molar-refractivity contribution in [1.29, 1.82) is 0 Å². The van der Waals surface area contributed by atoms with Crippen LogP contribution in [0.1, 0.15) is 27.3 Å². The minimum Gasteiger partial charge on any atom is -0.309 e. The van der Waals surface area contributed by atoms with Gasteiger partial charge >= 0.3 is 0 Å². The van der Waals surface area contributed by atoms with Crippen molar-refractivity contribution in [3.8, 4) is 0 Å². The molecular formula is C17H21Cl2N5OS2. The highest BCUT2D eigenvalue weighted by atomic mass is 35.5. The lowest BCUT2D eigenvalue weighted by atomic mass is 10.2. The van der Waals surface area contributed by atoms with Crippen LogP contribution in [0.15, 0.2) is 12.1 Å². The standard InChI is InChI=1S/C17H20ClN5OS2.ClH/c1-10-12(18)6-7-13-14(10)19-17(25-13)23(9-5-8-22(3)4)16(24)15-11(2)20-21-26-15;/h6-7H,5,8-9H2,1-4H3;1H. The van der Waals surface area contributed by atoms with Crippen LogP contribution in [0.2, 0.25) is 5.02 Å². The molecule has 0 aliphatic rings. The molecule has 1 aromatic carbocycles. The van der Waals surface area contributed by atoms with Gasteiger partial charge in [-0.2, -0.15) is 0 Å². The largest absolute Gasteiger partial charge is 0.309 e. The van der Waals surface area contributed by atoms with E-state index < -0.39 is 0 Å². The fourth-order valence-corrected chi connectivity index (χ4v) is 4.39. The molecule has 146 valence electrons. The maximum Gasteiger partial charge on any atom is 0.273 e. The van der Waals surface area contributed by atoms with E-state index >= 15 is 0 Å². The summed E-state index contributed by atoms with van der Waals surface area (Å²) in [5.41, 5.74) is 2.43. The van der Waals surface area contributed by atoms with Crippen molar-refractivity contribution in [3.05, 3.63) is 33.3 Å². The van der Waals surface area contributed by atoms with Gasteiger partial charge in [-0.05, 0) is 70.1 Å². The molecule has 27 heavy (non-hydrogen) atoms. The fraction of sp³-hybridized carbons (Fsp3) is 0.412. The number of carbonyl (C=O) groups excluding carboxylic acids is 1. The van der Waals surface area contributed by atoms with Crippen LogP contribution in [0.5, 0.6) is 0 Å². The van der Waals surface area contributed by atoms with Crippen molar-refractivity contribution >= 4 is 68.1 Å². The molecule has 2 aromatic heterocycles. The van der Waals surface area contributed by atoms with Gasteiger partial charge < -0.3 is 4.90 Å². The Kier molecular flexibility index (Phi) is 7.53. The molecule has 0 unspecified atom stereocenters. The number of benzene rings is 1. The number of aryl methyl sites for hydroxylation is 2. The number of hydrogen-bond acceptors (Lipinski definition) is 7. The lowest BCUT2D eigenvalue weighted by Gasteiger charge is -2.20. The molecular weight excluding hydrogens is 425 g/mol. The molecule has 0 fully saturated rings. The average Bonchev–Trinajstić information content (AvgIpc) is 3.21. The summed E-state index contributed by atoms with van der Waals surface area (Å²) in [6, 6.07) is 3.82. The number of carbonyl (C=O) groups is 1. The second-order valence-electron chi connectivity index (χ2n) is 6.32. The Bertz CT molecular complexity index is 941. The zero-order chi connectivity index (χ0) is 18.8. The van der Waals surface area contributed by atoms with Gasteiger partial charge in [0.05, 0.1) is 15.9 Å². The van der Waals surface area contributed by atoms with Gasteiger partial charge in [-0.1, -0.05) is 27.4 Å². The number of aromatic nitrogens is 3. The summed E-state index contributed by atoms with van der Waals surface area (Å²) in [4.78, 5) is 22.2. The fourth-order valence-electron chi connectivity index (χ4n) is 2.58. The van der Waals surface area contributed by atoms with Crippen LogP contribution in [0.25, 0.3) is 10.2 Å². The maximum atomic E-state index is 13.1. The van der Waals surface area contributed by atoms with Crippen molar-refractivity contribution in [2.45, 2.75) is 20.3 Å².